The topological polar surface area (TPSA) is 73.1 Å². The number of hydrogen-bond acceptors (Lipinski definition) is 6. The standard InChI is InChI=1S/C14H17BrN4O2/c1-2-5-16-12-8-20-7-10(12)14-18-13(19-21-14)11-4-3-9(15)6-17-11/h3-4,6,10,12,16H,2,5,7-8H2,1H3. The highest BCUT2D eigenvalue weighted by Crippen LogP contribution is 2.26. The van der Waals surface area contributed by atoms with Crippen molar-refractivity contribution in [1.82, 2.24) is 20.4 Å². The zero-order valence-electron chi connectivity index (χ0n) is 11.8. The van der Waals surface area contributed by atoms with Crippen molar-refractivity contribution < 1.29 is 9.26 Å². The van der Waals surface area contributed by atoms with E-state index in [1.165, 1.54) is 0 Å². The first kappa shape index (κ1) is 14.6. The van der Waals surface area contributed by atoms with Crippen molar-refractivity contribution in [1.29, 1.82) is 0 Å². The Kier molecular flexibility index (Phi) is 4.62. The smallest absolute Gasteiger partial charge is 0.234 e. The van der Waals surface area contributed by atoms with Crippen molar-refractivity contribution in [3.05, 3.63) is 28.7 Å². The Balaban J connectivity index is 1.76. The third-order valence-electron chi connectivity index (χ3n) is 3.45. The van der Waals surface area contributed by atoms with Crippen LogP contribution in [0.1, 0.15) is 25.2 Å². The van der Waals surface area contributed by atoms with Crippen molar-refractivity contribution in [2.75, 3.05) is 19.8 Å². The van der Waals surface area contributed by atoms with E-state index in [-0.39, 0.29) is 12.0 Å². The molecular weight excluding hydrogens is 336 g/mol. The van der Waals surface area contributed by atoms with Gasteiger partial charge < -0.3 is 14.6 Å². The zero-order valence-corrected chi connectivity index (χ0v) is 13.3. The summed E-state index contributed by atoms with van der Waals surface area (Å²) in [6.45, 7) is 4.39. The number of halogens is 1. The molecular formula is C14H17BrN4O2. The molecule has 2 aromatic heterocycles. The maximum absolute atomic E-state index is 5.54. The first-order valence-electron chi connectivity index (χ1n) is 7.04. The Morgan fingerprint density at radius 1 is 1.38 bits per heavy atom. The number of nitrogens with zero attached hydrogens (tertiary/aromatic N) is 3. The highest BCUT2D eigenvalue weighted by molar-refractivity contribution is 9.10. The summed E-state index contributed by atoms with van der Waals surface area (Å²) in [5.41, 5.74) is 0.699. The van der Waals surface area contributed by atoms with Gasteiger partial charge in [0.15, 0.2) is 0 Å². The van der Waals surface area contributed by atoms with Crippen molar-refractivity contribution in [3.63, 3.8) is 0 Å². The summed E-state index contributed by atoms with van der Waals surface area (Å²) in [5, 5.41) is 7.49. The number of pyridine rings is 1. The molecule has 21 heavy (non-hydrogen) atoms. The summed E-state index contributed by atoms with van der Waals surface area (Å²) in [7, 11) is 0. The van der Waals surface area contributed by atoms with Crippen LogP contribution in [0.5, 0.6) is 0 Å². The Morgan fingerprint density at radius 2 is 2.29 bits per heavy atom. The van der Waals surface area contributed by atoms with Crippen molar-refractivity contribution >= 4 is 15.9 Å². The highest BCUT2D eigenvalue weighted by atomic mass is 79.9. The van der Waals surface area contributed by atoms with E-state index in [2.05, 4.69) is 43.3 Å². The van der Waals surface area contributed by atoms with Gasteiger partial charge in [0.2, 0.25) is 11.7 Å². The first-order valence-corrected chi connectivity index (χ1v) is 7.84. The molecule has 6 nitrogen and oxygen atoms in total. The van der Waals surface area contributed by atoms with Gasteiger partial charge in [0.05, 0.1) is 19.1 Å². The Labute approximate surface area is 131 Å². The van der Waals surface area contributed by atoms with Crippen LogP contribution in [-0.2, 0) is 4.74 Å². The van der Waals surface area contributed by atoms with E-state index >= 15 is 0 Å². The molecule has 3 heterocycles. The monoisotopic (exact) mass is 352 g/mol. The average Bonchev–Trinajstić information content (AvgIpc) is 3.14. The predicted octanol–water partition coefficient (Wildman–Crippen LogP) is 2.38. The van der Waals surface area contributed by atoms with Crippen molar-refractivity contribution in [2.24, 2.45) is 0 Å². The van der Waals surface area contributed by atoms with E-state index in [0.29, 0.717) is 30.6 Å². The van der Waals surface area contributed by atoms with Crippen LogP contribution in [0.15, 0.2) is 27.3 Å². The highest BCUT2D eigenvalue weighted by Gasteiger charge is 2.33. The summed E-state index contributed by atoms with van der Waals surface area (Å²) >= 11 is 3.36. The minimum atomic E-state index is 0.105. The second-order valence-corrected chi connectivity index (χ2v) is 5.94. The summed E-state index contributed by atoms with van der Waals surface area (Å²) in [5.74, 6) is 1.23. The molecule has 3 rings (SSSR count). The summed E-state index contributed by atoms with van der Waals surface area (Å²) in [6, 6.07) is 4.00. The largest absolute Gasteiger partial charge is 0.379 e. The minimum absolute atomic E-state index is 0.105. The molecule has 0 spiro atoms. The van der Waals surface area contributed by atoms with Crippen LogP contribution in [0.25, 0.3) is 11.5 Å². The lowest BCUT2D eigenvalue weighted by Gasteiger charge is -2.14. The lowest BCUT2D eigenvalue weighted by molar-refractivity contribution is 0.184. The van der Waals surface area contributed by atoms with Gasteiger partial charge in [-0.2, -0.15) is 4.98 Å². The third-order valence-corrected chi connectivity index (χ3v) is 3.92. The van der Waals surface area contributed by atoms with Crippen LogP contribution in [0, 0.1) is 0 Å². The van der Waals surface area contributed by atoms with E-state index in [4.69, 9.17) is 9.26 Å². The molecule has 1 fully saturated rings. The van der Waals surface area contributed by atoms with Gasteiger partial charge in [0, 0.05) is 16.7 Å². The van der Waals surface area contributed by atoms with Crippen LogP contribution < -0.4 is 5.32 Å². The van der Waals surface area contributed by atoms with E-state index in [1.54, 1.807) is 6.20 Å². The molecule has 2 atom stereocenters. The summed E-state index contributed by atoms with van der Waals surface area (Å²) in [6.07, 6.45) is 2.80. The SMILES string of the molecule is CCCNC1COCC1c1nc(-c2ccc(Br)cn2)no1. The van der Waals surface area contributed by atoms with Crippen molar-refractivity contribution in [2.45, 2.75) is 25.3 Å². The van der Waals surface area contributed by atoms with Crippen LogP contribution in [-0.4, -0.2) is 40.9 Å². The molecule has 0 amide bonds. The van der Waals surface area contributed by atoms with Gasteiger partial charge >= 0.3 is 0 Å². The lowest BCUT2D eigenvalue weighted by atomic mass is 10.0. The van der Waals surface area contributed by atoms with Gasteiger partial charge in [-0.25, -0.2) is 0 Å². The van der Waals surface area contributed by atoms with Gasteiger partial charge in [-0.05, 0) is 41.0 Å². The quantitative estimate of drug-likeness (QED) is 0.890. The van der Waals surface area contributed by atoms with Crippen LogP contribution in [0.4, 0.5) is 0 Å². The first-order chi connectivity index (χ1) is 10.3. The molecule has 7 heteroatoms. The van der Waals surface area contributed by atoms with E-state index in [0.717, 1.165) is 17.4 Å². The Bertz CT molecular complexity index is 587. The second-order valence-electron chi connectivity index (χ2n) is 5.02. The molecule has 0 radical (unpaired) electrons. The molecule has 112 valence electrons. The molecule has 0 bridgehead atoms. The predicted molar refractivity (Wildman–Crippen MR) is 80.9 cm³/mol. The van der Waals surface area contributed by atoms with E-state index in [1.807, 2.05) is 12.1 Å². The molecule has 1 N–H and O–H groups in total. The molecule has 1 saturated heterocycles. The maximum Gasteiger partial charge on any atom is 0.234 e. The van der Waals surface area contributed by atoms with Crippen LogP contribution in [0.3, 0.4) is 0 Å². The normalized spacial score (nSPS) is 21.8. The van der Waals surface area contributed by atoms with Crippen molar-refractivity contribution in [3.8, 4) is 11.5 Å². The van der Waals surface area contributed by atoms with Gasteiger partial charge in [0.25, 0.3) is 0 Å². The molecule has 2 unspecified atom stereocenters. The average molecular weight is 353 g/mol. The van der Waals surface area contributed by atoms with Crippen LogP contribution >= 0.6 is 15.9 Å². The lowest BCUT2D eigenvalue weighted by Crippen LogP contribution is -2.34. The number of rotatable bonds is 5. The Morgan fingerprint density at radius 3 is 3.05 bits per heavy atom. The van der Waals surface area contributed by atoms with E-state index < -0.39 is 0 Å². The minimum Gasteiger partial charge on any atom is -0.379 e. The number of nitrogens with one attached hydrogen (secondary N) is 1. The molecule has 2 aromatic rings. The summed E-state index contributed by atoms with van der Waals surface area (Å²) in [4.78, 5) is 8.75. The fraction of sp³-hybridized carbons (Fsp3) is 0.500. The van der Waals surface area contributed by atoms with Crippen LogP contribution in [0.2, 0.25) is 0 Å². The molecule has 1 aliphatic rings. The van der Waals surface area contributed by atoms with Gasteiger partial charge in [-0.3, -0.25) is 4.98 Å². The number of ether oxygens (including phenoxy) is 1. The molecule has 0 aliphatic carbocycles. The van der Waals surface area contributed by atoms with Gasteiger partial charge in [-0.15, -0.1) is 0 Å². The van der Waals surface area contributed by atoms with E-state index in [9.17, 15) is 0 Å². The molecule has 1 aliphatic heterocycles. The number of aromatic nitrogens is 3. The fourth-order valence-corrected chi connectivity index (χ4v) is 2.56. The van der Waals surface area contributed by atoms with Gasteiger partial charge in [-0.1, -0.05) is 12.1 Å². The third kappa shape index (κ3) is 3.30. The second kappa shape index (κ2) is 6.64. The number of hydrogen-bond donors (Lipinski definition) is 1. The molecule has 0 saturated carbocycles. The maximum atomic E-state index is 5.54. The molecule has 0 aromatic carbocycles. The summed E-state index contributed by atoms with van der Waals surface area (Å²) < 4.78 is 11.9. The Hall–Kier alpha value is -1.31. The zero-order chi connectivity index (χ0) is 14.7. The fourth-order valence-electron chi connectivity index (χ4n) is 2.33. The van der Waals surface area contributed by atoms with Gasteiger partial charge in [0.1, 0.15) is 5.69 Å².